The Labute approximate surface area is 114 Å². The van der Waals surface area contributed by atoms with Crippen LogP contribution in [0.2, 0.25) is 0 Å². The van der Waals surface area contributed by atoms with E-state index < -0.39 is 0 Å². The van der Waals surface area contributed by atoms with Gasteiger partial charge in [-0.1, -0.05) is 13.8 Å². The molecule has 0 saturated carbocycles. The molecule has 18 heavy (non-hydrogen) atoms. The molecule has 0 aliphatic rings. The lowest BCUT2D eigenvalue weighted by Gasteiger charge is -2.21. The molecule has 0 bridgehead atoms. The lowest BCUT2D eigenvalue weighted by atomic mass is 10.3. The highest BCUT2D eigenvalue weighted by Gasteiger charge is 2.04. The maximum Gasteiger partial charge on any atom is 0.0638 e. The molecule has 114 valence electrons. The number of aliphatic hydroxyl groups is 1. The molecule has 0 aliphatic carbocycles. The van der Waals surface area contributed by atoms with Crippen LogP contribution in [0.1, 0.15) is 27.7 Å². The van der Waals surface area contributed by atoms with Crippen LogP contribution in [0.15, 0.2) is 0 Å². The zero-order chi connectivity index (χ0) is 15.1. The molecular weight excluding hydrogens is 230 g/mol. The summed E-state index contributed by atoms with van der Waals surface area (Å²) < 4.78 is 4.93. The van der Waals surface area contributed by atoms with E-state index >= 15 is 0 Å². The van der Waals surface area contributed by atoms with Crippen molar-refractivity contribution in [3.63, 3.8) is 0 Å². The fourth-order valence-corrected chi connectivity index (χ4v) is 1.08. The maximum absolute atomic E-state index is 8.68. The summed E-state index contributed by atoms with van der Waals surface area (Å²) in [5, 5.41) is 8.68. The molecule has 0 aliphatic heterocycles. The van der Waals surface area contributed by atoms with Crippen molar-refractivity contribution in [2.75, 3.05) is 48.1 Å². The second kappa shape index (κ2) is 16.8. The van der Waals surface area contributed by atoms with E-state index in [2.05, 4.69) is 6.92 Å². The van der Waals surface area contributed by atoms with E-state index in [1.807, 2.05) is 44.8 Å². The Morgan fingerprint density at radius 1 is 1.17 bits per heavy atom. The van der Waals surface area contributed by atoms with Gasteiger partial charge >= 0.3 is 0 Å². The lowest BCUT2D eigenvalue weighted by Crippen LogP contribution is -2.36. The number of nitrogens with two attached hydrogens (primary N) is 1. The summed E-state index contributed by atoms with van der Waals surface area (Å²) in [5.41, 5.74) is 5.37. The summed E-state index contributed by atoms with van der Waals surface area (Å²) in [5.74, 6) is 0. The highest BCUT2D eigenvalue weighted by molar-refractivity contribution is 4.58. The smallest absolute Gasteiger partial charge is 0.0638 e. The van der Waals surface area contributed by atoms with Gasteiger partial charge in [0.2, 0.25) is 0 Å². The van der Waals surface area contributed by atoms with Gasteiger partial charge in [-0.3, -0.25) is 4.90 Å². The van der Waals surface area contributed by atoms with Crippen LogP contribution < -0.4 is 5.73 Å². The van der Waals surface area contributed by atoms with Gasteiger partial charge in [-0.15, -0.1) is 0 Å². The standard InChI is InChI=1S/C6H16N2O.C5H13NO.C2H6/c1-6(4-9-3)8(2)5-7;1-5(7)4-6(2)3;1-2/h6H,4-5,7H2,1-3H3;5,7H,4H2,1-3H3;1-2H3. The van der Waals surface area contributed by atoms with Crippen LogP contribution in [0.25, 0.3) is 0 Å². The quantitative estimate of drug-likeness (QED) is 0.696. The van der Waals surface area contributed by atoms with Gasteiger partial charge in [-0.05, 0) is 35.0 Å². The number of nitrogens with zero attached hydrogens (tertiary/aromatic N) is 2. The molecular formula is C13H35N3O2. The van der Waals surface area contributed by atoms with Crippen molar-refractivity contribution in [3.05, 3.63) is 0 Å². The second-order valence-electron chi connectivity index (χ2n) is 4.36. The Bertz CT molecular complexity index is 138. The third-order valence-electron chi connectivity index (χ3n) is 2.08. The van der Waals surface area contributed by atoms with Crippen molar-refractivity contribution in [2.45, 2.75) is 39.8 Å². The molecule has 0 radical (unpaired) electrons. The Morgan fingerprint density at radius 3 is 1.78 bits per heavy atom. The Kier molecular flexibility index (Phi) is 21.4. The number of likely N-dealkylation sites (N-methyl/N-ethyl adjacent to an activating group) is 2. The van der Waals surface area contributed by atoms with Gasteiger partial charge in [-0.2, -0.15) is 0 Å². The van der Waals surface area contributed by atoms with Gasteiger partial charge in [-0.25, -0.2) is 0 Å². The second-order valence-corrected chi connectivity index (χ2v) is 4.36. The number of ether oxygens (including phenoxy) is 1. The van der Waals surface area contributed by atoms with Gasteiger partial charge in [0.1, 0.15) is 0 Å². The zero-order valence-corrected chi connectivity index (χ0v) is 13.6. The van der Waals surface area contributed by atoms with Crippen molar-refractivity contribution in [1.29, 1.82) is 0 Å². The van der Waals surface area contributed by atoms with E-state index in [1.54, 1.807) is 14.0 Å². The van der Waals surface area contributed by atoms with Crippen molar-refractivity contribution in [3.8, 4) is 0 Å². The first kappa shape index (κ1) is 22.9. The van der Waals surface area contributed by atoms with Crippen LogP contribution in [-0.2, 0) is 4.74 Å². The van der Waals surface area contributed by atoms with Crippen molar-refractivity contribution >= 4 is 0 Å². The molecule has 0 saturated heterocycles. The fourth-order valence-electron chi connectivity index (χ4n) is 1.08. The van der Waals surface area contributed by atoms with Crippen molar-refractivity contribution in [2.24, 2.45) is 5.73 Å². The molecule has 2 unspecified atom stereocenters. The molecule has 2 atom stereocenters. The minimum atomic E-state index is -0.199. The van der Waals surface area contributed by atoms with E-state index in [1.165, 1.54) is 0 Å². The Hall–Kier alpha value is -0.200. The fraction of sp³-hybridized carbons (Fsp3) is 1.00. The van der Waals surface area contributed by atoms with Gasteiger partial charge in [0.15, 0.2) is 0 Å². The van der Waals surface area contributed by atoms with Gasteiger partial charge in [0, 0.05) is 26.4 Å². The van der Waals surface area contributed by atoms with E-state index in [0.29, 0.717) is 12.7 Å². The normalized spacial score (nSPS) is 13.3. The number of rotatable bonds is 6. The summed E-state index contributed by atoms with van der Waals surface area (Å²) in [7, 11) is 7.55. The summed E-state index contributed by atoms with van der Waals surface area (Å²) in [6.45, 7) is 9.94. The SMILES string of the molecule is CC.CC(O)CN(C)C.COCC(C)N(C)CN. The number of aliphatic hydroxyl groups excluding tert-OH is 1. The Balaban J connectivity index is -0.000000225. The van der Waals surface area contributed by atoms with Gasteiger partial charge in [0.05, 0.1) is 12.7 Å². The van der Waals surface area contributed by atoms with Gasteiger partial charge in [0.25, 0.3) is 0 Å². The number of hydrogen-bond donors (Lipinski definition) is 2. The highest BCUT2D eigenvalue weighted by Crippen LogP contribution is 1.91. The third-order valence-corrected chi connectivity index (χ3v) is 2.08. The van der Waals surface area contributed by atoms with Gasteiger partial charge < -0.3 is 20.5 Å². The van der Waals surface area contributed by atoms with Crippen LogP contribution in [0, 0.1) is 0 Å². The number of hydrogen-bond acceptors (Lipinski definition) is 5. The minimum Gasteiger partial charge on any atom is -0.392 e. The van der Waals surface area contributed by atoms with E-state index in [0.717, 1.165) is 13.2 Å². The molecule has 0 aromatic rings. The van der Waals surface area contributed by atoms with E-state index in [9.17, 15) is 0 Å². The van der Waals surface area contributed by atoms with Crippen LogP contribution in [0.3, 0.4) is 0 Å². The average molecular weight is 265 g/mol. The predicted molar refractivity (Wildman–Crippen MR) is 79.7 cm³/mol. The van der Waals surface area contributed by atoms with Crippen LogP contribution >= 0.6 is 0 Å². The van der Waals surface area contributed by atoms with Crippen LogP contribution in [-0.4, -0.2) is 75.1 Å². The molecule has 5 heteroatoms. The Morgan fingerprint density at radius 2 is 1.61 bits per heavy atom. The van der Waals surface area contributed by atoms with E-state index in [4.69, 9.17) is 15.6 Å². The first-order chi connectivity index (χ1) is 8.34. The molecule has 0 amide bonds. The summed E-state index contributed by atoms with van der Waals surface area (Å²) in [6.07, 6.45) is -0.199. The van der Waals surface area contributed by atoms with Crippen LogP contribution in [0.4, 0.5) is 0 Å². The maximum atomic E-state index is 8.68. The largest absolute Gasteiger partial charge is 0.392 e. The zero-order valence-electron chi connectivity index (χ0n) is 13.6. The average Bonchev–Trinajstić information content (AvgIpc) is 2.30. The lowest BCUT2D eigenvalue weighted by molar-refractivity contribution is 0.117. The predicted octanol–water partition coefficient (Wildman–Crippen LogP) is 0.824. The monoisotopic (exact) mass is 265 g/mol. The molecule has 0 spiro atoms. The molecule has 3 N–H and O–H groups in total. The third kappa shape index (κ3) is 21.1. The topological polar surface area (TPSA) is 62.0 Å². The summed E-state index contributed by atoms with van der Waals surface area (Å²) in [4.78, 5) is 3.98. The summed E-state index contributed by atoms with van der Waals surface area (Å²) in [6, 6.07) is 0.417. The minimum absolute atomic E-state index is 0.199. The number of methoxy groups -OCH3 is 1. The van der Waals surface area contributed by atoms with Crippen molar-refractivity contribution < 1.29 is 9.84 Å². The van der Waals surface area contributed by atoms with Crippen molar-refractivity contribution in [1.82, 2.24) is 9.80 Å². The van der Waals surface area contributed by atoms with Crippen LogP contribution in [0.5, 0.6) is 0 Å². The molecule has 5 nitrogen and oxygen atoms in total. The summed E-state index contributed by atoms with van der Waals surface area (Å²) >= 11 is 0. The molecule has 0 heterocycles. The first-order valence-corrected chi connectivity index (χ1v) is 6.57. The first-order valence-electron chi connectivity index (χ1n) is 6.57. The molecule has 0 fully saturated rings. The molecule has 0 aromatic heterocycles. The highest BCUT2D eigenvalue weighted by atomic mass is 16.5. The van der Waals surface area contributed by atoms with E-state index in [-0.39, 0.29) is 6.10 Å². The molecule has 0 rings (SSSR count). The molecule has 0 aromatic carbocycles.